The largest absolute Gasteiger partial charge is 0.325 e. The van der Waals surface area contributed by atoms with Gasteiger partial charge in [-0.15, -0.1) is 11.8 Å². The second-order valence-electron chi connectivity index (χ2n) is 6.00. The second-order valence-corrected chi connectivity index (χ2v) is 7.80. The molecule has 118 valence electrons. The van der Waals surface area contributed by atoms with Crippen molar-refractivity contribution in [3.63, 3.8) is 0 Å². The summed E-state index contributed by atoms with van der Waals surface area (Å²) >= 11 is 1.62. The molecular formula is C19H20N2OS. The Morgan fingerprint density at radius 1 is 1.17 bits per heavy atom. The summed E-state index contributed by atoms with van der Waals surface area (Å²) < 4.78 is 0.0767. The Hall–Kier alpha value is -2.25. The van der Waals surface area contributed by atoms with Gasteiger partial charge in [-0.05, 0) is 36.3 Å². The van der Waals surface area contributed by atoms with Gasteiger partial charge in [0.1, 0.15) is 5.69 Å². The van der Waals surface area contributed by atoms with Crippen molar-refractivity contribution in [3.05, 3.63) is 59.9 Å². The highest BCUT2D eigenvalue weighted by Crippen LogP contribution is 2.23. The highest BCUT2D eigenvalue weighted by Gasteiger charge is 2.13. The first-order valence-electron chi connectivity index (χ1n) is 7.39. The van der Waals surface area contributed by atoms with E-state index in [1.54, 1.807) is 18.0 Å². The van der Waals surface area contributed by atoms with E-state index < -0.39 is 0 Å². The van der Waals surface area contributed by atoms with E-state index in [0.717, 1.165) is 16.9 Å². The monoisotopic (exact) mass is 324 g/mol. The van der Waals surface area contributed by atoms with Crippen LogP contribution in [0.3, 0.4) is 0 Å². The number of aromatic nitrogens is 1. The van der Waals surface area contributed by atoms with Crippen LogP contribution in [-0.2, 0) is 4.79 Å². The van der Waals surface area contributed by atoms with Crippen molar-refractivity contribution in [2.45, 2.75) is 25.5 Å². The third-order valence-electron chi connectivity index (χ3n) is 2.78. The zero-order chi connectivity index (χ0) is 16.7. The van der Waals surface area contributed by atoms with E-state index in [-0.39, 0.29) is 10.7 Å². The summed E-state index contributed by atoms with van der Waals surface area (Å²) in [5.74, 6) is 6.51. The molecule has 0 aliphatic carbocycles. The van der Waals surface area contributed by atoms with E-state index in [1.807, 2.05) is 42.5 Å². The van der Waals surface area contributed by atoms with Gasteiger partial charge in [-0.1, -0.05) is 38.8 Å². The van der Waals surface area contributed by atoms with Gasteiger partial charge in [-0.3, -0.25) is 4.79 Å². The molecule has 0 spiro atoms. The maximum absolute atomic E-state index is 12.0. The molecule has 1 heterocycles. The zero-order valence-corrected chi connectivity index (χ0v) is 14.4. The van der Waals surface area contributed by atoms with Crippen molar-refractivity contribution in [2.75, 3.05) is 11.1 Å². The van der Waals surface area contributed by atoms with Crippen molar-refractivity contribution in [3.8, 4) is 11.8 Å². The first-order valence-corrected chi connectivity index (χ1v) is 8.38. The number of hydrogen-bond donors (Lipinski definition) is 1. The number of benzene rings is 1. The zero-order valence-electron chi connectivity index (χ0n) is 13.6. The van der Waals surface area contributed by atoms with Crippen molar-refractivity contribution in [1.82, 2.24) is 4.98 Å². The molecular weight excluding hydrogens is 304 g/mol. The Morgan fingerprint density at radius 2 is 2.00 bits per heavy atom. The van der Waals surface area contributed by atoms with Crippen molar-refractivity contribution in [1.29, 1.82) is 0 Å². The number of thioether (sulfide) groups is 1. The summed E-state index contributed by atoms with van der Waals surface area (Å²) in [5, 5.41) is 2.91. The Morgan fingerprint density at radius 3 is 2.70 bits per heavy atom. The summed E-state index contributed by atoms with van der Waals surface area (Å²) in [7, 11) is 0. The van der Waals surface area contributed by atoms with Crippen molar-refractivity contribution in [2.24, 2.45) is 0 Å². The number of amides is 1. The van der Waals surface area contributed by atoms with E-state index in [0.29, 0.717) is 5.75 Å². The molecule has 1 amide bonds. The van der Waals surface area contributed by atoms with Gasteiger partial charge in [-0.2, -0.15) is 0 Å². The molecule has 0 bridgehead atoms. The summed E-state index contributed by atoms with van der Waals surface area (Å²) in [4.78, 5) is 16.1. The lowest BCUT2D eigenvalue weighted by molar-refractivity contribution is -0.113. The Kier molecular flexibility index (Phi) is 5.84. The SMILES string of the molecule is CC(C)(C)SCC(=O)Nc1cccc(C#Cc2ccccn2)c1. The standard InChI is InChI=1S/C19H20N2OS/c1-19(2,3)23-14-18(22)21-17-9-6-7-15(13-17)10-11-16-8-4-5-12-20-16/h4-9,12-13H,14H2,1-3H3,(H,21,22). The van der Waals surface area contributed by atoms with Crippen LogP contribution in [0, 0.1) is 11.8 Å². The molecule has 2 rings (SSSR count). The predicted molar refractivity (Wildman–Crippen MR) is 97.5 cm³/mol. The van der Waals surface area contributed by atoms with Crippen molar-refractivity contribution >= 4 is 23.4 Å². The lowest BCUT2D eigenvalue weighted by Gasteiger charge is -2.17. The maximum Gasteiger partial charge on any atom is 0.234 e. The van der Waals surface area contributed by atoms with Crippen LogP contribution in [0.25, 0.3) is 0 Å². The molecule has 0 radical (unpaired) electrons. The number of hydrogen-bond acceptors (Lipinski definition) is 3. The van der Waals surface area contributed by atoms with Gasteiger partial charge in [-0.25, -0.2) is 4.98 Å². The smallest absolute Gasteiger partial charge is 0.234 e. The van der Waals surface area contributed by atoms with Crippen LogP contribution in [0.15, 0.2) is 48.7 Å². The minimum absolute atomic E-state index is 0.000222. The Bertz CT molecular complexity index is 724. The quantitative estimate of drug-likeness (QED) is 0.869. The van der Waals surface area contributed by atoms with E-state index in [2.05, 4.69) is 42.9 Å². The lowest BCUT2D eigenvalue weighted by atomic mass is 10.2. The Labute approximate surface area is 141 Å². The van der Waals surface area contributed by atoms with E-state index in [1.165, 1.54) is 0 Å². The van der Waals surface area contributed by atoms with Crippen LogP contribution in [-0.4, -0.2) is 21.4 Å². The summed E-state index contributed by atoms with van der Waals surface area (Å²) in [6, 6.07) is 13.2. The normalized spacial score (nSPS) is 10.6. The maximum atomic E-state index is 12.0. The molecule has 0 aliphatic rings. The number of nitrogens with zero attached hydrogens (tertiary/aromatic N) is 1. The average Bonchev–Trinajstić information content (AvgIpc) is 2.52. The summed E-state index contributed by atoms with van der Waals surface area (Å²) in [5.41, 5.74) is 2.33. The first-order chi connectivity index (χ1) is 10.9. The molecule has 1 aromatic heterocycles. The number of nitrogens with one attached hydrogen (secondary N) is 1. The Balaban J connectivity index is 2.00. The van der Waals surface area contributed by atoms with E-state index in [4.69, 9.17) is 0 Å². The predicted octanol–water partition coefficient (Wildman–Crippen LogP) is 3.95. The molecule has 23 heavy (non-hydrogen) atoms. The molecule has 1 aromatic carbocycles. The molecule has 3 nitrogen and oxygen atoms in total. The minimum Gasteiger partial charge on any atom is -0.325 e. The fourth-order valence-electron chi connectivity index (χ4n) is 1.73. The second kappa shape index (κ2) is 7.85. The van der Waals surface area contributed by atoms with Gasteiger partial charge in [0.25, 0.3) is 0 Å². The van der Waals surface area contributed by atoms with Crippen LogP contribution in [0.5, 0.6) is 0 Å². The number of pyridine rings is 1. The summed E-state index contributed by atoms with van der Waals surface area (Å²) in [6.07, 6.45) is 1.72. The van der Waals surface area contributed by atoms with Crippen molar-refractivity contribution < 1.29 is 4.79 Å². The lowest BCUT2D eigenvalue weighted by Crippen LogP contribution is -2.18. The molecule has 0 aliphatic heterocycles. The van der Waals surface area contributed by atoms with Crippen LogP contribution < -0.4 is 5.32 Å². The van der Waals surface area contributed by atoms with Crippen LogP contribution >= 0.6 is 11.8 Å². The molecule has 2 aromatic rings. The fourth-order valence-corrected chi connectivity index (χ4v) is 2.36. The minimum atomic E-state index is -0.000222. The third kappa shape index (κ3) is 6.58. The highest BCUT2D eigenvalue weighted by molar-refractivity contribution is 8.01. The molecule has 0 fully saturated rings. The number of anilines is 1. The summed E-state index contributed by atoms with van der Waals surface area (Å²) in [6.45, 7) is 6.29. The highest BCUT2D eigenvalue weighted by atomic mass is 32.2. The molecule has 1 N–H and O–H groups in total. The molecule has 0 saturated heterocycles. The van der Waals surface area contributed by atoms with Gasteiger partial charge in [0, 0.05) is 22.2 Å². The van der Waals surface area contributed by atoms with Gasteiger partial charge < -0.3 is 5.32 Å². The first kappa shape index (κ1) is 17.1. The van der Waals surface area contributed by atoms with Gasteiger partial charge in [0.2, 0.25) is 5.91 Å². The number of carbonyl (C=O) groups excluding carboxylic acids is 1. The van der Waals surface area contributed by atoms with Crippen LogP contribution in [0.1, 0.15) is 32.0 Å². The number of carbonyl (C=O) groups is 1. The van der Waals surface area contributed by atoms with Crippen LogP contribution in [0.4, 0.5) is 5.69 Å². The molecule has 0 saturated carbocycles. The van der Waals surface area contributed by atoms with Gasteiger partial charge in [0.05, 0.1) is 5.75 Å². The van der Waals surface area contributed by atoms with Gasteiger partial charge in [0.15, 0.2) is 0 Å². The number of rotatable bonds is 3. The third-order valence-corrected chi connectivity index (χ3v) is 4.05. The van der Waals surface area contributed by atoms with Gasteiger partial charge >= 0.3 is 0 Å². The van der Waals surface area contributed by atoms with E-state index in [9.17, 15) is 4.79 Å². The van der Waals surface area contributed by atoms with Crippen LogP contribution in [0.2, 0.25) is 0 Å². The molecule has 0 unspecified atom stereocenters. The average molecular weight is 324 g/mol. The fraction of sp³-hybridized carbons (Fsp3) is 0.263. The molecule has 4 heteroatoms. The van der Waals surface area contributed by atoms with E-state index >= 15 is 0 Å². The molecule has 0 atom stereocenters. The topological polar surface area (TPSA) is 42.0 Å².